The molecule has 1 saturated carbocycles. The van der Waals surface area contributed by atoms with E-state index in [1.54, 1.807) is 6.20 Å². The second kappa shape index (κ2) is 13.2. The van der Waals surface area contributed by atoms with Crippen LogP contribution in [0.3, 0.4) is 0 Å². The average molecular weight is 650 g/mol. The van der Waals surface area contributed by atoms with E-state index in [0.717, 1.165) is 42.7 Å². The van der Waals surface area contributed by atoms with Crippen molar-refractivity contribution in [2.45, 2.75) is 83.5 Å². The first-order valence-electron chi connectivity index (χ1n) is 16.1. The summed E-state index contributed by atoms with van der Waals surface area (Å²) in [6, 6.07) is 14.2. The molecule has 46 heavy (non-hydrogen) atoms. The average Bonchev–Trinajstić information content (AvgIpc) is 3.79. The Morgan fingerprint density at radius 2 is 1.87 bits per heavy atom. The maximum atomic E-state index is 13.2. The smallest absolute Gasteiger partial charge is 0.410 e. The lowest BCUT2D eigenvalue weighted by Crippen LogP contribution is -2.41. The number of nitrogens with zero attached hydrogens (tertiary/aromatic N) is 6. The fourth-order valence-electron chi connectivity index (χ4n) is 6.72. The van der Waals surface area contributed by atoms with Gasteiger partial charge in [-0.3, -0.25) is 5.10 Å². The second-order valence-corrected chi connectivity index (χ2v) is 14.1. The summed E-state index contributed by atoms with van der Waals surface area (Å²) in [4.78, 5) is 26.1. The molecule has 0 radical (unpaired) electrons. The third kappa shape index (κ3) is 7.32. The third-order valence-corrected chi connectivity index (χ3v) is 8.97. The number of anilines is 1. The summed E-state index contributed by atoms with van der Waals surface area (Å²) in [7, 11) is 0. The van der Waals surface area contributed by atoms with E-state index in [4.69, 9.17) is 25.8 Å². The number of nitrogens with one attached hydrogen (secondary N) is 1. The van der Waals surface area contributed by atoms with E-state index >= 15 is 0 Å². The molecule has 4 aromatic rings. The van der Waals surface area contributed by atoms with E-state index < -0.39 is 11.4 Å². The Morgan fingerprint density at radius 3 is 2.61 bits per heavy atom. The van der Waals surface area contributed by atoms with Gasteiger partial charge in [-0.05, 0) is 65.5 Å². The number of rotatable bonds is 11. The summed E-state index contributed by atoms with van der Waals surface area (Å²) < 4.78 is 21.0. The highest BCUT2D eigenvalue weighted by Crippen LogP contribution is 2.48. The molecule has 1 aromatic carbocycles. The number of ether oxygens (including phenoxy) is 3. The first-order valence-corrected chi connectivity index (χ1v) is 16.4. The number of fused-ring (bicyclic) bond motifs is 2. The molecule has 0 spiro atoms. The number of carbonyl (C=O) groups excluding carboxylic acids is 1. The van der Waals surface area contributed by atoms with Crippen LogP contribution in [0.2, 0.25) is 5.15 Å². The van der Waals surface area contributed by atoms with Crippen molar-refractivity contribution in [2.75, 3.05) is 31.1 Å². The second-order valence-electron chi connectivity index (χ2n) is 13.7. The highest BCUT2D eigenvalue weighted by atomic mass is 35.5. The van der Waals surface area contributed by atoms with Crippen LogP contribution in [0.4, 0.5) is 10.6 Å². The Kier molecular flexibility index (Phi) is 9.27. The van der Waals surface area contributed by atoms with Crippen molar-refractivity contribution in [3.05, 3.63) is 71.9 Å². The lowest BCUT2D eigenvalue weighted by molar-refractivity contribution is -0.159. The van der Waals surface area contributed by atoms with Crippen molar-refractivity contribution in [1.82, 2.24) is 29.6 Å². The summed E-state index contributed by atoms with van der Waals surface area (Å²) in [5, 5.41) is 8.66. The van der Waals surface area contributed by atoms with E-state index in [9.17, 15) is 4.79 Å². The van der Waals surface area contributed by atoms with Gasteiger partial charge in [0.25, 0.3) is 0 Å². The highest BCUT2D eigenvalue weighted by molar-refractivity contribution is 6.33. The van der Waals surface area contributed by atoms with Gasteiger partial charge in [0.15, 0.2) is 5.79 Å². The zero-order chi connectivity index (χ0) is 32.5. The number of aromatic nitrogens is 5. The van der Waals surface area contributed by atoms with Gasteiger partial charge in [-0.25, -0.2) is 14.8 Å². The summed E-state index contributed by atoms with van der Waals surface area (Å²) in [5.41, 5.74) is 1.41. The predicted molar refractivity (Wildman–Crippen MR) is 177 cm³/mol. The van der Waals surface area contributed by atoms with Gasteiger partial charge in [0.2, 0.25) is 0 Å². The van der Waals surface area contributed by atoms with Gasteiger partial charge >= 0.3 is 6.09 Å². The van der Waals surface area contributed by atoms with Gasteiger partial charge in [0.1, 0.15) is 34.7 Å². The van der Waals surface area contributed by atoms with Crippen LogP contribution >= 0.6 is 11.6 Å². The van der Waals surface area contributed by atoms with Gasteiger partial charge in [-0.15, -0.1) is 0 Å². The summed E-state index contributed by atoms with van der Waals surface area (Å²) in [5.74, 6) is 0.389. The van der Waals surface area contributed by atoms with E-state index in [-0.39, 0.29) is 30.3 Å². The Hall–Kier alpha value is -3.67. The lowest BCUT2D eigenvalue weighted by Gasteiger charge is -2.31. The number of carbonyl (C=O) groups is 1. The molecule has 1 saturated heterocycles. The molecule has 246 valence electrons. The molecule has 1 amide bonds. The molecule has 12 heteroatoms. The van der Waals surface area contributed by atoms with Crippen molar-refractivity contribution in [3.63, 3.8) is 0 Å². The predicted octanol–water partition coefficient (Wildman–Crippen LogP) is 6.27. The first-order chi connectivity index (χ1) is 22.0. The monoisotopic (exact) mass is 649 g/mol. The number of hydrogen-bond donors (Lipinski definition) is 1. The summed E-state index contributed by atoms with van der Waals surface area (Å²) in [6.45, 7) is 12.2. The van der Waals surface area contributed by atoms with Crippen LogP contribution in [0, 0.1) is 5.92 Å². The SMILES string of the molecule is CC(C)(C)OC(=O)N(CCCN(C[C@H]1C[C@@H](n2ccc3c(Cl)ncnc32)[C@@H]2OC(C)(C)O[C@H]12)c1ccn[nH]1)CCc1ccccc1. The van der Waals surface area contributed by atoms with Gasteiger partial charge in [0.05, 0.1) is 23.7 Å². The maximum absolute atomic E-state index is 13.2. The van der Waals surface area contributed by atoms with Crippen LogP contribution < -0.4 is 4.90 Å². The molecule has 4 heterocycles. The third-order valence-electron chi connectivity index (χ3n) is 8.67. The van der Waals surface area contributed by atoms with Gasteiger partial charge < -0.3 is 28.6 Å². The van der Waals surface area contributed by atoms with Crippen molar-refractivity contribution in [2.24, 2.45) is 5.92 Å². The molecule has 0 unspecified atom stereocenters. The minimum atomic E-state index is -0.701. The van der Waals surface area contributed by atoms with E-state index in [1.165, 1.54) is 11.9 Å². The zero-order valence-electron chi connectivity index (χ0n) is 27.2. The molecule has 3 aromatic heterocycles. The number of halogens is 1. The molecule has 1 aliphatic carbocycles. The molecule has 1 aliphatic heterocycles. The summed E-state index contributed by atoms with van der Waals surface area (Å²) >= 11 is 6.39. The fraction of sp³-hybridized carbons (Fsp3) is 0.529. The van der Waals surface area contributed by atoms with Crippen LogP contribution in [0.25, 0.3) is 11.0 Å². The number of benzene rings is 1. The molecule has 11 nitrogen and oxygen atoms in total. The highest BCUT2D eigenvalue weighted by Gasteiger charge is 2.55. The maximum Gasteiger partial charge on any atom is 0.410 e. The Morgan fingerprint density at radius 1 is 1.09 bits per heavy atom. The van der Waals surface area contributed by atoms with E-state index in [1.807, 2.05) is 76.0 Å². The molecule has 0 bridgehead atoms. The quantitative estimate of drug-likeness (QED) is 0.190. The number of hydrogen-bond acceptors (Lipinski definition) is 8. The van der Waals surface area contributed by atoms with E-state index in [0.29, 0.717) is 24.8 Å². The Labute approximate surface area is 275 Å². The van der Waals surface area contributed by atoms with Crippen LogP contribution in [-0.4, -0.2) is 85.5 Å². The normalized spacial score (nSPS) is 22.2. The Bertz CT molecular complexity index is 1600. The summed E-state index contributed by atoms with van der Waals surface area (Å²) in [6.07, 6.45) is 7.09. The molecule has 6 rings (SSSR count). The molecule has 1 N–H and O–H groups in total. The van der Waals surface area contributed by atoms with Crippen LogP contribution in [0.1, 0.15) is 59.1 Å². The van der Waals surface area contributed by atoms with Crippen molar-refractivity contribution < 1.29 is 19.0 Å². The molecule has 2 aliphatic rings. The van der Waals surface area contributed by atoms with Gasteiger partial charge in [-0.2, -0.15) is 5.10 Å². The van der Waals surface area contributed by atoms with Crippen molar-refractivity contribution in [3.8, 4) is 0 Å². The van der Waals surface area contributed by atoms with Crippen molar-refractivity contribution in [1.29, 1.82) is 0 Å². The van der Waals surface area contributed by atoms with Crippen LogP contribution in [-0.2, 0) is 20.6 Å². The molecule has 4 atom stereocenters. The Balaban J connectivity index is 1.17. The number of aromatic amines is 1. The number of amides is 1. The molecule has 2 fully saturated rings. The topological polar surface area (TPSA) is 111 Å². The van der Waals surface area contributed by atoms with E-state index in [2.05, 4.69) is 41.8 Å². The minimum absolute atomic E-state index is 0.0181. The van der Waals surface area contributed by atoms with Crippen molar-refractivity contribution >= 4 is 34.5 Å². The minimum Gasteiger partial charge on any atom is -0.444 e. The van der Waals surface area contributed by atoms with Crippen LogP contribution in [0.5, 0.6) is 0 Å². The number of H-pyrrole nitrogens is 1. The largest absolute Gasteiger partial charge is 0.444 e. The standard InChI is InChI=1S/C34H44ClN7O4/c1-33(2,3)46-32(43)40(18-13-23-10-7-6-8-11-23)16-9-17-41(27-12-15-38-39-27)21-24-20-26(29-28(24)44-34(4,5)45-29)42-19-14-25-30(35)36-22-37-31(25)42/h6-8,10-12,14-15,19,22,24,26,28-29H,9,13,16-18,20-21H2,1-5H3,(H,38,39)/t24-,26-,28-,29+/m1/s1. The van der Waals surface area contributed by atoms with Gasteiger partial charge in [0, 0.05) is 44.4 Å². The fourth-order valence-corrected chi connectivity index (χ4v) is 6.91. The van der Waals surface area contributed by atoms with Crippen LogP contribution in [0.15, 0.2) is 61.2 Å². The lowest BCUT2D eigenvalue weighted by atomic mass is 10.0. The first kappa shape index (κ1) is 32.3. The molecular weight excluding hydrogens is 606 g/mol. The molecular formula is C34H44ClN7O4. The zero-order valence-corrected chi connectivity index (χ0v) is 28.0. The van der Waals surface area contributed by atoms with Gasteiger partial charge in [-0.1, -0.05) is 41.9 Å².